The Bertz CT molecular complexity index is 1700. The molecule has 3 aromatic rings. The maximum Gasteiger partial charge on any atom is 0.343 e. The van der Waals surface area contributed by atoms with Gasteiger partial charge in [-0.25, -0.2) is 14.2 Å². The number of aromatic nitrogens is 2. The zero-order chi connectivity index (χ0) is 27.4. The van der Waals surface area contributed by atoms with E-state index in [1.807, 2.05) is 4.57 Å². The number of aliphatic hydroxyl groups is 2. The molecule has 0 saturated heterocycles. The van der Waals surface area contributed by atoms with E-state index >= 15 is 4.39 Å². The molecule has 202 valence electrons. The molecular weight excluding hydrogens is 521 g/mol. The molecule has 1 fully saturated rings. The van der Waals surface area contributed by atoms with Crippen molar-refractivity contribution >= 4 is 35.0 Å². The first-order chi connectivity index (χ1) is 18.6. The molecule has 4 heterocycles. The van der Waals surface area contributed by atoms with Gasteiger partial charge in [-0.15, -0.1) is 0 Å². The lowest BCUT2D eigenvalue weighted by Gasteiger charge is -2.32. The van der Waals surface area contributed by atoms with Crippen molar-refractivity contribution in [3.63, 3.8) is 0 Å². The van der Waals surface area contributed by atoms with Crippen LogP contribution in [-0.2, 0) is 39.5 Å². The predicted octanol–water partition coefficient (Wildman–Crippen LogP) is 3.77. The van der Waals surface area contributed by atoms with Gasteiger partial charge in [0.05, 0.1) is 29.5 Å². The van der Waals surface area contributed by atoms with Gasteiger partial charge >= 0.3 is 5.97 Å². The summed E-state index contributed by atoms with van der Waals surface area (Å²) < 4.78 is 22.7. The summed E-state index contributed by atoms with van der Waals surface area (Å²) in [4.78, 5) is 30.5. The van der Waals surface area contributed by atoms with Crippen LogP contribution in [0.3, 0.4) is 0 Å². The summed E-state index contributed by atoms with van der Waals surface area (Å²) in [5.41, 5.74) is 4.04. The number of carbonyl (C=O) groups excluding carboxylic acids is 2. The molecule has 0 radical (unpaired) electrons. The van der Waals surface area contributed by atoms with Gasteiger partial charge < -0.3 is 24.8 Å². The minimum absolute atomic E-state index is 0.00321. The number of amides is 1. The lowest BCUT2D eigenvalue weighted by Crippen LogP contribution is -2.41. The highest BCUT2D eigenvalue weighted by Crippen LogP contribution is 2.47. The molecule has 0 bridgehead atoms. The number of esters is 1. The molecule has 2 aromatic heterocycles. The standard InChI is InChI=1S/C29H28FN3O5S/c1-3-29(37)17-8-21-24-15(10-33(21)27(39)16(17)11-38-28(29)36)23-19(32-26(35)25(34)13-4-5-13)7-6-14-12(2)18(30)9-20(31-24)22(14)23/h8-9,13,19,25,34,37H,3-7,10-11H2,1-2H3,(H,32,35)/t19-,25?,29-/m0/s1. The molecule has 2 aliphatic heterocycles. The molecule has 7 rings (SSSR count). The minimum Gasteiger partial charge on any atom is -0.458 e. The van der Waals surface area contributed by atoms with Crippen molar-refractivity contribution in [1.29, 1.82) is 0 Å². The Morgan fingerprint density at radius 1 is 1.31 bits per heavy atom. The van der Waals surface area contributed by atoms with Gasteiger partial charge in [0, 0.05) is 28.1 Å². The number of cyclic esters (lactones) is 1. The summed E-state index contributed by atoms with van der Waals surface area (Å²) in [7, 11) is 0. The summed E-state index contributed by atoms with van der Waals surface area (Å²) >= 11 is 5.85. The van der Waals surface area contributed by atoms with Crippen LogP contribution in [0.5, 0.6) is 0 Å². The van der Waals surface area contributed by atoms with Crippen molar-refractivity contribution in [2.24, 2.45) is 5.92 Å². The number of hydrogen-bond donors (Lipinski definition) is 3. The van der Waals surface area contributed by atoms with Crippen LogP contribution in [0.4, 0.5) is 4.39 Å². The minimum atomic E-state index is -1.82. The predicted molar refractivity (Wildman–Crippen MR) is 142 cm³/mol. The fourth-order valence-electron chi connectivity index (χ4n) is 6.58. The Kier molecular flexibility index (Phi) is 5.34. The Hall–Kier alpha value is -3.21. The van der Waals surface area contributed by atoms with Crippen LogP contribution in [0.1, 0.15) is 72.0 Å². The Labute approximate surface area is 228 Å². The number of pyridine rings is 2. The number of benzene rings is 1. The zero-order valence-corrected chi connectivity index (χ0v) is 22.5. The van der Waals surface area contributed by atoms with Crippen LogP contribution in [0.2, 0.25) is 0 Å². The number of rotatable bonds is 4. The Balaban J connectivity index is 1.46. The van der Waals surface area contributed by atoms with E-state index in [1.54, 1.807) is 19.9 Å². The van der Waals surface area contributed by atoms with E-state index in [2.05, 4.69) is 5.32 Å². The van der Waals surface area contributed by atoms with Crippen LogP contribution >= 0.6 is 12.2 Å². The number of fused-ring (bicyclic) bond motifs is 5. The molecule has 1 unspecified atom stereocenters. The van der Waals surface area contributed by atoms with Crippen molar-refractivity contribution in [2.75, 3.05) is 0 Å². The topological polar surface area (TPSA) is 114 Å². The molecular formula is C29H28FN3O5S. The highest BCUT2D eigenvalue weighted by Gasteiger charge is 2.45. The quantitative estimate of drug-likeness (QED) is 0.262. The third kappa shape index (κ3) is 3.41. The van der Waals surface area contributed by atoms with Crippen LogP contribution in [0, 0.1) is 23.3 Å². The van der Waals surface area contributed by atoms with Crippen molar-refractivity contribution < 1.29 is 28.9 Å². The normalized spacial score (nSPS) is 23.6. The molecule has 3 N–H and O–H groups in total. The maximum absolute atomic E-state index is 15.0. The van der Waals surface area contributed by atoms with Crippen LogP contribution in [0.15, 0.2) is 12.1 Å². The van der Waals surface area contributed by atoms with Crippen molar-refractivity contribution in [2.45, 2.75) is 76.9 Å². The van der Waals surface area contributed by atoms with E-state index in [0.717, 1.165) is 34.9 Å². The molecule has 2 aliphatic carbocycles. The first kappa shape index (κ1) is 24.8. The smallest absolute Gasteiger partial charge is 0.343 e. The molecule has 1 amide bonds. The monoisotopic (exact) mass is 549 g/mol. The van der Waals surface area contributed by atoms with E-state index < -0.39 is 29.6 Å². The molecule has 39 heavy (non-hydrogen) atoms. The van der Waals surface area contributed by atoms with E-state index in [4.69, 9.17) is 21.9 Å². The average Bonchev–Trinajstić information content (AvgIpc) is 3.71. The van der Waals surface area contributed by atoms with Crippen molar-refractivity contribution in [3.8, 4) is 11.4 Å². The number of ether oxygens (including phenoxy) is 1. The number of aliphatic hydroxyl groups excluding tert-OH is 1. The molecule has 8 nitrogen and oxygen atoms in total. The van der Waals surface area contributed by atoms with Gasteiger partial charge in [-0.1, -0.05) is 19.1 Å². The van der Waals surface area contributed by atoms with Gasteiger partial charge in [0.1, 0.15) is 23.2 Å². The Morgan fingerprint density at radius 3 is 2.79 bits per heavy atom. The number of aryl methyl sites for hydroxylation is 1. The molecule has 1 saturated carbocycles. The fourth-order valence-corrected chi connectivity index (χ4v) is 6.91. The molecule has 3 atom stereocenters. The second kappa shape index (κ2) is 8.39. The Morgan fingerprint density at radius 2 is 2.08 bits per heavy atom. The lowest BCUT2D eigenvalue weighted by atomic mass is 9.81. The van der Waals surface area contributed by atoms with Crippen molar-refractivity contribution in [1.82, 2.24) is 14.9 Å². The van der Waals surface area contributed by atoms with Crippen LogP contribution in [-0.4, -0.2) is 37.7 Å². The fraction of sp³-hybridized carbons (Fsp3) is 0.448. The lowest BCUT2D eigenvalue weighted by molar-refractivity contribution is -0.172. The number of halogens is 1. The third-order valence-electron chi connectivity index (χ3n) is 9.03. The summed E-state index contributed by atoms with van der Waals surface area (Å²) in [5.74, 6) is -1.45. The van der Waals surface area contributed by atoms with Crippen molar-refractivity contribution in [3.05, 3.63) is 56.0 Å². The summed E-state index contributed by atoms with van der Waals surface area (Å²) in [6.45, 7) is 3.82. The SMILES string of the molecule is CC[C@@]1(O)C(=O)OCc2c1cc1n(c2=S)Cc2c-1nc1cc(F)c(C)c3c1c2[C@@H](NC(=O)C(O)C1CC1)CC3. The second-order valence-corrected chi connectivity index (χ2v) is 11.6. The van der Waals surface area contributed by atoms with E-state index in [1.165, 1.54) is 6.07 Å². The third-order valence-corrected chi connectivity index (χ3v) is 9.50. The molecule has 10 heteroatoms. The second-order valence-electron chi connectivity index (χ2n) is 11.2. The van der Waals surface area contributed by atoms with E-state index in [-0.39, 0.29) is 24.8 Å². The van der Waals surface area contributed by atoms with Gasteiger partial charge in [0.25, 0.3) is 0 Å². The van der Waals surface area contributed by atoms with Crippen LogP contribution in [0.25, 0.3) is 22.3 Å². The summed E-state index contributed by atoms with van der Waals surface area (Å²) in [5, 5.41) is 25.7. The molecule has 1 aromatic carbocycles. The number of nitrogens with one attached hydrogen (secondary N) is 1. The van der Waals surface area contributed by atoms with Gasteiger partial charge in [-0.05, 0) is 67.7 Å². The van der Waals surface area contributed by atoms with Gasteiger partial charge in [0.2, 0.25) is 5.91 Å². The first-order valence-corrected chi connectivity index (χ1v) is 13.8. The van der Waals surface area contributed by atoms with E-state index in [9.17, 15) is 19.8 Å². The molecule has 4 aliphatic rings. The summed E-state index contributed by atoms with van der Waals surface area (Å²) in [6, 6.07) is 2.79. The first-order valence-electron chi connectivity index (χ1n) is 13.4. The van der Waals surface area contributed by atoms with Gasteiger partial charge in [0.15, 0.2) is 5.60 Å². The maximum atomic E-state index is 15.0. The van der Waals surface area contributed by atoms with Gasteiger partial charge in [-0.2, -0.15) is 0 Å². The molecule has 0 spiro atoms. The average molecular weight is 550 g/mol. The van der Waals surface area contributed by atoms with E-state index in [0.29, 0.717) is 57.6 Å². The zero-order valence-electron chi connectivity index (χ0n) is 21.6. The van der Waals surface area contributed by atoms with Gasteiger partial charge in [-0.3, -0.25) is 4.79 Å². The summed E-state index contributed by atoms with van der Waals surface area (Å²) in [6.07, 6.45) is 1.87. The number of nitrogens with zero attached hydrogens (tertiary/aromatic N) is 2. The highest BCUT2D eigenvalue weighted by molar-refractivity contribution is 7.71. The number of hydrogen-bond acceptors (Lipinski definition) is 7. The number of carbonyl (C=O) groups is 2. The largest absolute Gasteiger partial charge is 0.458 e. The van der Waals surface area contributed by atoms with Crippen LogP contribution < -0.4 is 5.32 Å². The highest BCUT2D eigenvalue weighted by atomic mass is 32.1.